The molecule has 0 radical (unpaired) electrons. The summed E-state index contributed by atoms with van der Waals surface area (Å²) >= 11 is 0. The quantitative estimate of drug-likeness (QED) is 0.669. The van der Waals surface area contributed by atoms with Gasteiger partial charge in [0.25, 0.3) is 0 Å². The number of hydrogen-bond donors (Lipinski definition) is 0. The molecule has 2 fully saturated rings. The first kappa shape index (κ1) is 17.6. The molecule has 128 valence electrons. The predicted octanol–water partition coefficient (Wildman–Crippen LogP) is 4.97. The number of ether oxygens (including phenoxy) is 1. The maximum Gasteiger partial charge on any atom is 0.393 e. The Hall–Kier alpha value is -0.740. The van der Waals surface area contributed by atoms with Crippen molar-refractivity contribution < 1.29 is 22.7 Å². The Balaban J connectivity index is 1.89. The van der Waals surface area contributed by atoms with Crippen LogP contribution in [0.2, 0.25) is 0 Å². The summed E-state index contributed by atoms with van der Waals surface area (Å²) in [6, 6.07) is 0. The molecule has 2 saturated carbocycles. The number of hydrogen-bond acceptors (Lipinski definition) is 2. The van der Waals surface area contributed by atoms with Crippen LogP contribution >= 0.6 is 0 Å². The van der Waals surface area contributed by atoms with Crippen LogP contribution in [0.3, 0.4) is 0 Å². The number of rotatable bonds is 5. The van der Waals surface area contributed by atoms with E-state index in [4.69, 9.17) is 4.74 Å². The smallest absolute Gasteiger partial charge is 0.393 e. The Morgan fingerprint density at radius 3 is 2.27 bits per heavy atom. The zero-order valence-corrected chi connectivity index (χ0v) is 13.9. The lowest BCUT2D eigenvalue weighted by molar-refractivity contribution is -0.218. The molecule has 0 N–H and O–H groups in total. The van der Waals surface area contributed by atoms with Gasteiger partial charge in [0.05, 0.1) is 11.3 Å². The van der Waals surface area contributed by atoms with Crippen molar-refractivity contribution >= 4 is 5.97 Å². The SMILES string of the molecule is CCC(C)C(=O)OC1CC2CC1CC2CC(C)(C)C(F)(F)F. The van der Waals surface area contributed by atoms with Gasteiger partial charge in [-0.25, -0.2) is 0 Å². The molecular weight excluding hydrogens is 293 g/mol. The van der Waals surface area contributed by atoms with Gasteiger partial charge in [-0.3, -0.25) is 4.79 Å². The van der Waals surface area contributed by atoms with Gasteiger partial charge in [-0.1, -0.05) is 27.7 Å². The summed E-state index contributed by atoms with van der Waals surface area (Å²) in [5.41, 5.74) is -1.63. The lowest BCUT2D eigenvalue weighted by atomic mass is 9.75. The van der Waals surface area contributed by atoms with Crippen LogP contribution in [0.5, 0.6) is 0 Å². The number of alkyl halides is 3. The maximum absolute atomic E-state index is 13.0. The van der Waals surface area contributed by atoms with Crippen molar-refractivity contribution in [3.05, 3.63) is 0 Å². The molecule has 0 spiro atoms. The predicted molar refractivity (Wildman–Crippen MR) is 78.1 cm³/mol. The standard InChI is InChI=1S/C17H27F3O2/c1-5-10(2)15(21)22-14-8-11-6-12(14)7-13(11)9-16(3,4)17(18,19)20/h10-14H,5-9H2,1-4H3. The van der Waals surface area contributed by atoms with Gasteiger partial charge in [0.1, 0.15) is 6.10 Å². The molecule has 0 aliphatic heterocycles. The lowest BCUT2D eigenvalue weighted by Crippen LogP contribution is -2.36. The van der Waals surface area contributed by atoms with Gasteiger partial charge in [0.2, 0.25) is 0 Å². The van der Waals surface area contributed by atoms with E-state index in [0.717, 1.165) is 25.7 Å². The lowest BCUT2D eigenvalue weighted by Gasteiger charge is -2.35. The molecule has 5 unspecified atom stereocenters. The van der Waals surface area contributed by atoms with E-state index in [9.17, 15) is 18.0 Å². The molecule has 0 aromatic carbocycles. The van der Waals surface area contributed by atoms with Crippen LogP contribution in [0, 0.1) is 29.1 Å². The van der Waals surface area contributed by atoms with Crippen molar-refractivity contribution in [2.75, 3.05) is 0 Å². The van der Waals surface area contributed by atoms with E-state index in [0.29, 0.717) is 0 Å². The maximum atomic E-state index is 13.0. The Labute approximate surface area is 130 Å². The van der Waals surface area contributed by atoms with Crippen LogP contribution in [0.15, 0.2) is 0 Å². The van der Waals surface area contributed by atoms with Crippen LogP contribution in [0.25, 0.3) is 0 Å². The first-order valence-electron chi connectivity index (χ1n) is 8.32. The minimum Gasteiger partial charge on any atom is -0.462 e. The molecule has 22 heavy (non-hydrogen) atoms. The molecule has 0 saturated heterocycles. The summed E-state index contributed by atoms with van der Waals surface area (Å²) in [7, 11) is 0. The Morgan fingerprint density at radius 2 is 1.82 bits per heavy atom. The molecule has 0 amide bonds. The van der Waals surface area contributed by atoms with E-state index < -0.39 is 11.6 Å². The number of halogens is 3. The minimum atomic E-state index is -4.16. The van der Waals surface area contributed by atoms with Crippen molar-refractivity contribution in [2.45, 2.75) is 72.1 Å². The van der Waals surface area contributed by atoms with Crippen LogP contribution < -0.4 is 0 Å². The second-order valence-corrected chi connectivity index (χ2v) is 7.86. The first-order valence-corrected chi connectivity index (χ1v) is 8.32. The molecule has 2 nitrogen and oxygen atoms in total. The van der Waals surface area contributed by atoms with Gasteiger partial charge in [-0.15, -0.1) is 0 Å². The van der Waals surface area contributed by atoms with Gasteiger partial charge in [-0.05, 0) is 49.9 Å². The number of carbonyl (C=O) groups excluding carboxylic acids is 1. The van der Waals surface area contributed by atoms with E-state index >= 15 is 0 Å². The van der Waals surface area contributed by atoms with Gasteiger partial charge in [0, 0.05) is 0 Å². The fourth-order valence-electron chi connectivity index (χ4n) is 3.94. The highest BCUT2D eigenvalue weighted by Gasteiger charge is 2.53. The summed E-state index contributed by atoms with van der Waals surface area (Å²) < 4.78 is 44.7. The molecule has 0 aromatic rings. The topological polar surface area (TPSA) is 26.3 Å². The van der Waals surface area contributed by atoms with Gasteiger partial charge < -0.3 is 4.74 Å². The minimum absolute atomic E-state index is 0.0725. The second-order valence-electron chi connectivity index (χ2n) is 7.86. The molecular formula is C17H27F3O2. The number of fused-ring (bicyclic) bond motifs is 2. The van der Waals surface area contributed by atoms with E-state index in [1.807, 2.05) is 13.8 Å². The molecule has 5 atom stereocenters. The van der Waals surface area contributed by atoms with Crippen LogP contribution in [0.1, 0.15) is 59.8 Å². The molecule has 2 aliphatic rings. The summed E-state index contributed by atoms with van der Waals surface area (Å²) in [5.74, 6) is 0.389. The van der Waals surface area contributed by atoms with Gasteiger partial charge in [-0.2, -0.15) is 13.2 Å². The molecule has 2 aliphatic carbocycles. The highest BCUT2D eigenvalue weighted by molar-refractivity contribution is 5.72. The third-order valence-corrected chi connectivity index (χ3v) is 5.76. The van der Waals surface area contributed by atoms with Crippen molar-refractivity contribution in [1.82, 2.24) is 0 Å². The highest BCUT2D eigenvalue weighted by atomic mass is 19.4. The molecule has 5 heteroatoms. The van der Waals surface area contributed by atoms with E-state index in [1.165, 1.54) is 13.8 Å². The zero-order valence-electron chi connectivity index (χ0n) is 13.9. The highest BCUT2D eigenvalue weighted by Crippen LogP contribution is 2.55. The molecule has 2 rings (SSSR count). The molecule has 0 aromatic heterocycles. The Kier molecular flexibility index (Phi) is 4.84. The summed E-state index contributed by atoms with van der Waals surface area (Å²) in [5, 5.41) is 0. The van der Waals surface area contributed by atoms with Crippen LogP contribution in [0.4, 0.5) is 13.2 Å². The van der Waals surface area contributed by atoms with Crippen molar-refractivity contribution in [3.8, 4) is 0 Å². The monoisotopic (exact) mass is 320 g/mol. The van der Waals surface area contributed by atoms with E-state index in [2.05, 4.69) is 0 Å². The summed E-state index contributed by atoms with van der Waals surface area (Å²) in [6.45, 7) is 6.38. The van der Waals surface area contributed by atoms with Crippen molar-refractivity contribution in [1.29, 1.82) is 0 Å². The third-order valence-electron chi connectivity index (χ3n) is 5.76. The number of carbonyl (C=O) groups is 1. The van der Waals surface area contributed by atoms with Crippen LogP contribution in [-0.4, -0.2) is 18.2 Å². The Morgan fingerprint density at radius 1 is 1.18 bits per heavy atom. The average Bonchev–Trinajstić information content (AvgIpc) is 2.95. The van der Waals surface area contributed by atoms with Crippen LogP contribution in [-0.2, 0) is 9.53 Å². The first-order chi connectivity index (χ1) is 10.0. The van der Waals surface area contributed by atoms with E-state index in [1.54, 1.807) is 0 Å². The molecule has 2 bridgehead atoms. The van der Waals surface area contributed by atoms with Gasteiger partial charge >= 0.3 is 12.1 Å². The number of esters is 1. The third kappa shape index (κ3) is 3.43. The van der Waals surface area contributed by atoms with Crippen molar-refractivity contribution in [3.63, 3.8) is 0 Å². The van der Waals surface area contributed by atoms with E-state index in [-0.39, 0.29) is 42.2 Å². The fraction of sp³-hybridized carbons (Fsp3) is 0.941. The second kappa shape index (κ2) is 6.04. The average molecular weight is 320 g/mol. The van der Waals surface area contributed by atoms with Crippen molar-refractivity contribution in [2.24, 2.45) is 29.1 Å². The molecule has 0 heterocycles. The fourth-order valence-corrected chi connectivity index (χ4v) is 3.94. The summed E-state index contributed by atoms with van der Waals surface area (Å²) in [6.07, 6.45) is -0.870. The summed E-state index contributed by atoms with van der Waals surface area (Å²) in [4.78, 5) is 11.9. The zero-order chi connectivity index (χ0) is 16.7. The largest absolute Gasteiger partial charge is 0.462 e. The normalized spacial score (nSPS) is 33.0. The van der Waals surface area contributed by atoms with Gasteiger partial charge in [0.15, 0.2) is 0 Å². The Bertz CT molecular complexity index is 417.